The number of carboxylic acid groups (broad SMARTS) is 1. The first-order valence-corrected chi connectivity index (χ1v) is 13.2. The van der Waals surface area contributed by atoms with Crippen LogP contribution in [0.25, 0.3) is 10.9 Å². The van der Waals surface area contributed by atoms with Gasteiger partial charge in [0.1, 0.15) is 24.2 Å². The number of hydrogen-bond acceptors (Lipinski definition) is 8. The highest BCUT2D eigenvalue weighted by Gasteiger charge is 2.30. The fourth-order valence-corrected chi connectivity index (χ4v) is 4.15. The third kappa shape index (κ3) is 9.94. The lowest BCUT2D eigenvalue weighted by Crippen LogP contribution is -2.58. The van der Waals surface area contributed by atoms with E-state index in [1.165, 1.54) is 0 Å². The molecule has 1 heterocycles. The maximum absolute atomic E-state index is 13.5. The SMILES string of the molecule is NCCCCC(NC(=O)C(CCCCN)NC(=O)C(Cc1c[nH]c2ccccc12)NC(=O)C(N)CO)C(=O)O. The summed E-state index contributed by atoms with van der Waals surface area (Å²) in [5, 5.41) is 27.5. The zero-order valence-electron chi connectivity index (χ0n) is 22.0. The maximum Gasteiger partial charge on any atom is 0.326 e. The molecule has 0 saturated carbocycles. The van der Waals surface area contributed by atoms with Crippen molar-refractivity contribution in [1.82, 2.24) is 20.9 Å². The molecule has 1 aromatic heterocycles. The molecule has 0 aliphatic rings. The first-order chi connectivity index (χ1) is 18.7. The number of fused-ring (bicyclic) bond motifs is 1. The van der Waals surface area contributed by atoms with E-state index in [2.05, 4.69) is 20.9 Å². The monoisotopic (exact) mass is 547 g/mol. The lowest BCUT2D eigenvalue weighted by molar-refractivity contribution is -0.142. The van der Waals surface area contributed by atoms with Gasteiger partial charge in [-0.15, -0.1) is 0 Å². The molecule has 3 amide bonds. The Morgan fingerprint density at radius 3 is 2.00 bits per heavy atom. The molecular formula is C26H41N7O6. The van der Waals surface area contributed by atoms with Crippen molar-refractivity contribution in [2.45, 2.75) is 69.1 Å². The zero-order chi connectivity index (χ0) is 28.8. The van der Waals surface area contributed by atoms with Crippen molar-refractivity contribution in [2.24, 2.45) is 17.2 Å². The smallest absolute Gasteiger partial charge is 0.326 e. The number of carboxylic acids is 1. The molecular weight excluding hydrogens is 506 g/mol. The van der Waals surface area contributed by atoms with Crippen LogP contribution in [0.15, 0.2) is 30.5 Å². The number of unbranched alkanes of at least 4 members (excludes halogenated alkanes) is 2. The quantitative estimate of drug-likeness (QED) is 0.102. The molecule has 0 aliphatic carbocycles. The minimum Gasteiger partial charge on any atom is -0.480 e. The molecule has 0 aliphatic heterocycles. The number of amides is 3. The van der Waals surface area contributed by atoms with Crippen molar-refractivity contribution in [1.29, 1.82) is 0 Å². The Labute approximate surface area is 227 Å². The van der Waals surface area contributed by atoms with Gasteiger partial charge >= 0.3 is 5.97 Å². The van der Waals surface area contributed by atoms with E-state index >= 15 is 0 Å². The summed E-state index contributed by atoms with van der Waals surface area (Å²) in [6.07, 6.45) is 4.45. The molecule has 13 nitrogen and oxygen atoms in total. The summed E-state index contributed by atoms with van der Waals surface area (Å²) < 4.78 is 0. The normalized spacial score (nSPS) is 14.3. The Hall–Kier alpha value is -3.52. The zero-order valence-corrected chi connectivity index (χ0v) is 22.0. The number of aromatic nitrogens is 1. The molecule has 2 aromatic rings. The summed E-state index contributed by atoms with van der Waals surface area (Å²) >= 11 is 0. The molecule has 12 N–H and O–H groups in total. The average molecular weight is 548 g/mol. The number of H-pyrrole nitrogens is 1. The second kappa shape index (κ2) is 16.4. The van der Waals surface area contributed by atoms with E-state index in [4.69, 9.17) is 17.2 Å². The molecule has 0 radical (unpaired) electrons. The second-order valence-corrected chi connectivity index (χ2v) is 9.44. The van der Waals surface area contributed by atoms with Crippen LogP contribution in [-0.4, -0.2) is 82.8 Å². The number of hydrogen-bond donors (Lipinski definition) is 9. The first kappa shape index (κ1) is 31.7. The molecule has 4 atom stereocenters. The number of nitrogens with one attached hydrogen (secondary N) is 4. The van der Waals surface area contributed by atoms with E-state index in [9.17, 15) is 29.4 Å². The van der Waals surface area contributed by atoms with Gasteiger partial charge in [0.25, 0.3) is 0 Å². The lowest BCUT2D eigenvalue weighted by atomic mass is 10.0. The Balaban J connectivity index is 2.25. The van der Waals surface area contributed by atoms with Crippen LogP contribution in [-0.2, 0) is 25.6 Å². The van der Waals surface area contributed by atoms with Crippen LogP contribution >= 0.6 is 0 Å². The summed E-state index contributed by atoms with van der Waals surface area (Å²) in [6.45, 7) is 0.178. The van der Waals surface area contributed by atoms with Gasteiger partial charge in [-0.2, -0.15) is 0 Å². The lowest BCUT2D eigenvalue weighted by Gasteiger charge is -2.25. The van der Waals surface area contributed by atoms with Gasteiger partial charge in [0, 0.05) is 23.5 Å². The Bertz CT molecular complexity index is 1090. The molecule has 13 heteroatoms. The van der Waals surface area contributed by atoms with Crippen molar-refractivity contribution in [3.05, 3.63) is 36.0 Å². The predicted octanol–water partition coefficient (Wildman–Crippen LogP) is -1.17. The number of para-hydroxylation sites is 1. The van der Waals surface area contributed by atoms with Crippen LogP contribution in [0.4, 0.5) is 0 Å². The topological polar surface area (TPSA) is 239 Å². The molecule has 0 spiro atoms. The molecule has 216 valence electrons. The number of aliphatic carboxylic acids is 1. The van der Waals surface area contributed by atoms with E-state index in [0.29, 0.717) is 38.8 Å². The van der Waals surface area contributed by atoms with Crippen LogP contribution < -0.4 is 33.2 Å². The van der Waals surface area contributed by atoms with Crippen LogP contribution in [0, 0.1) is 0 Å². The molecule has 1 aromatic carbocycles. The van der Waals surface area contributed by atoms with Gasteiger partial charge in [0.15, 0.2) is 0 Å². The fraction of sp³-hybridized carbons (Fsp3) is 0.538. The van der Waals surface area contributed by atoms with Gasteiger partial charge in [0.2, 0.25) is 17.7 Å². The van der Waals surface area contributed by atoms with Gasteiger partial charge in [-0.3, -0.25) is 14.4 Å². The Morgan fingerprint density at radius 2 is 1.38 bits per heavy atom. The van der Waals surface area contributed by atoms with Crippen molar-refractivity contribution in [3.8, 4) is 0 Å². The van der Waals surface area contributed by atoms with E-state index in [0.717, 1.165) is 16.5 Å². The molecule has 0 saturated heterocycles. The second-order valence-electron chi connectivity index (χ2n) is 9.44. The van der Waals surface area contributed by atoms with Crippen molar-refractivity contribution >= 4 is 34.6 Å². The van der Waals surface area contributed by atoms with Gasteiger partial charge in [-0.05, 0) is 63.2 Å². The van der Waals surface area contributed by atoms with Crippen LogP contribution in [0.5, 0.6) is 0 Å². The largest absolute Gasteiger partial charge is 0.480 e. The van der Waals surface area contributed by atoms with E-state index in [-0.39, 0.29) is 19.3 Å². The van der Waals surface area contributed by atoms with Gasteiger partial charge in [-0.25, -0.2) is 4.79 Å². The number of aliphatic hydroxyl groups is 1. The standard InChI is InChI=1S/C26H41N7O6/c27-11-5-3-9-20(24(36)32-21(26(38)39)10-4-6-12-28)31-25(37)22(33-23(35)18(29)15-34)13-16-14-30-19-8-2-1-7-17(16)19/h1-2,7-8,14,18,20-22,30,34H,3-6,9-13,15,27-29H2,(H,31,37)(H,32,36)(H,33,35)(H,38,39). The molecule has 39 heavy (non-hydrogen) atoms. The summed E-state index contributed by atoms with van der Waals surface area (Å²) in [4.78, 5) is 53.9. The molecule has 0 bridgehead atoms. The van der Waals surface area contributed by atoms with Crippen LogP contribution in [0.1, 0.15) is 44.1 Å². The third-order valence-corrected chi connectivity index (χ3v) is 6.41. The highest BCUT2D eigenvalue weighted by atomic mass is 16.4. The van der Waals surface area contributed by atoms with Gasteiger partial charge < -0.3 is 48.3 Å². The number of aromatic amines is 1. The van der Waals surface area contributed by atoms with Crippen LogP contribution in [0.3, 0.4) is 0 Å². The Kier molecular flexibility index (Phi) is 13.4. The average Bonchev–Trinajstić information content (AvgIpc) is 3.33. The number of nitrogens with two attached hydrogens (primary N) is 3. The molecule has 2 rings (SSSR count). The molecule has 0 fully saturated rings. The van der Waals surface area contributed by atoms with E-state index < -0.39 is 54.5 Å². The first-order valence-electron chi connectivity index (χ1n) is 13.2. The summed E-state index contributed by atoms with van der Waals surface area (Å²) in [5.74, 6) is -3.21. The molecule has 4 unspecified atom stereocenters. The number of aliphatic hydroxyl groups excluding tert-OH is 1. The number of rotatable bonds is 18. The van der Waals surface area contributed by atoms with Crippen molar-refractivity contribution < 1.29 is 29.4 Å². The summed E-state index contributed by atoms with van der Waals surface area (Å²) in [5.41, 5.74) is 18.3. The highest BCUT2D eigenvalue weighted by Crippen LogP contribution is 2.19. The highest BCUT2D eigenvalue weighted by molar-refractivity contribution is 5.94. The minimum atomic E-state index is -1.24. The number of carbonyl (C=O) groups is 4. The number of carbonyl (C=O) groups excluding carboxylic acids is 3. The summed E-state index contributed by atoms with van der Waals surface area (Å²) in [6, 6.07) is 2.89. The van der Waals surface area contributed by atoms with Gasteiger partial charge in [0.05, 0.1) is 6.61 Å². The van der Waals surface area contributed by atoms with Gasteiger partial charge in [-0.1, -0.05) is 18.2 Å². The maximum atomic E-state index is 13.5. The fourth-order valence-electron chi connectivity index (χ4n) is 4.15. The number of benzene rings is 1. The van der Waals surface area contributed by atoms with E-state index in [1.54, 1.807) is 6.20 Å². The minimum absolute atomic E-state index is 0.0771. The Morgan fingerprint density at radius 1 is 0.821 bits per heavy atom. The van der Waals surface area contributed by atoms with Crippen molar-refractivity contribution in [3.63, 3.8) is 0 Å². The van der Waals surface area contributed by atoms with E-state index in [1.807, 2.05) is 24.3 Å². The van der Waals surface area contributed by atoms with Crippen molar-refractivity contribution in [2.75, 3.05) is 19.7 Å². The third-order valence-electron chi connectivity index (χ3n) is 6.41. The van der Waals surface area contributed by atoms with Crippen LogP contribution in [0.2, 0.25) is 0 Å². The summed E-state index contributed by atoms with van der Waals surface area (Å²) in [7, 11) is 0. The predicted molar refractivity (Wildman–Crippen MR) is 146 cm³/mol.